The van der Waals surface area contributed by atoms with Crippen molar-refractivity contribution in [2.45, 2.75) is 12.6 Å². The maximum atomic E-state index is 12.3. The van der Waals surface area contributed by atoms with Crippen LogP contribution >= 0.6 is 15.9 Å². The molecule has 0 aromatic carbocycles. The summed E-state index contributed by atoms with van der Waals surface area (Å²) in [6.45, 7) is 0. The number of rotatable bonds is 1. The maximum Gasteiger partial charge on any atom is 0.419 e. The van der Waals surface area contributed by atoms with Gasteiger partial charge < -0.3 is 5.11 Å². The second-order valence-electron chi connectivity index (χ2n) is 2.52. The molecule has 1 heterocycles. The average Bonchev–Trinajstić information content (AvgIpc) is 2.05. The molecule has 84 valence electrons. The van der Waals surface area contributed by atoms with E-state index >= 15 is 0 Å². The molecule has 0 aliphatic rings. The molecule has 1 aromatic rings. The summed E-state index contributed by atoms with van der Waals surface area (Å²) in [6, 6.07) is 0. The zero-order valence-corrected chi connectivity index (χ0v) is 8.40. The van der Waals surface area contributed by atoms with Gasteiger partial charge in [-0.3, -0.25) is 0 Å². The highest BCUT2D eigenvalue weighted by molar-refractivity contribution is 9.10. The summed E-state index contributed by atoms with van der Waals surface area (Å²) in [5.74, 6) is -1.18. The smallest absolute Gasteiger partial charge is 0.419 e. The van der Waals surface area contributed by atoms with E-state index in [1.54, 1.807) is 0 Å². The first-order valence-corrected chi connectivity index (χ1v) is 4.27. The van der Waals surface area contributed by atoms with Gasteiger partial charge in [0.15, 0.2) is 0 Å². The van der Waals surface area contributed by atoms with Gasteiger partial charge in [-0.15, -0.1) is 0 Å². The number of hydrogen-bond acceptors (Lipinski definition) is 2. The van der Waals surface area contributed by atoms with Crippen LogP contribution in [0.15, 0.2) is 10.8 Å². The van der Waals surface area contributed by atoms with E-state index in [0.29, 0.717) is 6.20 Å². The lowest BCUT2D eigenvalue weighted by Gasteiger charge is -2.14. The van der Waals surface area contributed by atoms with Gasteiger partial charge in [-0.2, -0.15) is 13.2 Å². The summed E-state index contributed by atoms with van der Waals surface area (Å²) in [4.78, 5) is 3.10. The first-order valence-electron chi connectivity index (χ1n) is 3.48. The standard InChI is InChI=1S/C7H3BrF5NO/c8-5-4(7(11,12)13)3(6(9)10)2(15)1-14-5/h1,6,15H. The number of halogens is 6. The molecule has 8 heteroatoms. The van der Waals surface area contributed by atoms with Crippen molar-refractivity contribution in [1.82, 2.24) is 4.98 Å². The van der Waals surface area contributed by atoms with Gasteiger partial charge in [0.2, 0.25) is 0 Å². The molecule has 1 aromatic heterocycles. The minimum Gasteiger partial charge on any atom is -0.506 e. The largest absolute Gasteiger partial charge is 0.506 e. The fraction of sp³-hybridized carbons (Fsp3) is 0.286. The molecular weight excluding hydrogens is 289 g/mol. The van der Waals surface area contributed by atoms with Crippen LogP contribution in [0.3, 0.4) is 0 Å². The monoisotopic (exact) mass is 291 g/mol. The molecule has 0 aliphatic heterocycles. The van der Waals surface area contributed by atoms with Crippen molar-refractivity contribution >= 4 is 15.9 Å². The Balaban J connectivity index is 3.53. The van der Waals surface area contributed by atoms with Crippen LogP contribution in [0.1, 0.15) is 17.6 Å². The lowest BCUT2D eigenvalue weighted by Crippen LogP contribution is -2.12. The van der Waals surface area contributed by atoms with E-state index in [1.807, 2.05) is 0 Å². The third-order valence-corrected chi connectivity index (χ3v) is 2.15. The van der Waals surface area contributed by atoms with Crippen LogP contribution < -0.4 is 0 Å². The Bertz CT molecular complexity index is 378. The zero-order chi connectivity index (χ0) is 11.8. The van der Waals surface area contributed by atoms with Crippen molar-refractivity contribution in [2.75, 3.05) is 0 Å². The molecule has 0 radical (unpaired) electrons. The summed E-state index contributed by atoms with van der Waals surface area (Å²) in [6.07, 6.45) is -7.90. The molecule has 0 saturated carbocycles. The van der Waals surface area contributed by atoms with Crippen LogP contribution in [-0.4, -0.2) is 10.1 Å². The average molecular weight is 292 g/mol. The van der Waals surface area contributed by atoms with Gasteiger partial charge in [0, 0.05) is 0 Å². The lowest BCUT2D eigenvalue weighted by molar-refractivity contribution is -0.140. The van der Waals surface area contributed by atoms with E-state index < -0.39 is 34.1 Å². The molecule has 0 bridgehead atoms. The number of aromatic hydroxyl groups is 1. The Morgan fingerprint density at radius 1 is 1.33 bits per heavy atom. The molecule has 0 aliphatic carbocycles. The van der Waals surface area contributed by atoms with Crippen LogP contribution in [0.25, 0.3) is 0 Å². The van der Waals surface area contributed by atoms with Crippen molar-refractivity contribution in [2.24, 2.45) is 0 Å². The molecule has 0 amide bonds. The molecule has 0 unspecified atom stereocenters. The molecule has 2 nitrogen and oxygen atoms in total. The lowest BCUT2D eigenvalue weighted by atomic mass is 10.1. The Morgan fingerprint density at radius 2 is 1.87 bits per heavy atom. The topological polar surface area (TPSA) is 33.1 Å². The number of hydrogen-bond donors (Lipinski definition) is 1. The Morgan fingerprint density at radius 3 is 2.20 bits per heavy atom. The third-order valence-electron chi connectivity index (χ3n) is 1.55. The normalized spacial score (nSPS) is 12.2. The summed E-state index contributed by atoms with van der Waals surface area (Å²) >= 11 is 2.41. The van der Waals surface area contributed by atoms with Gasteiger partial charge in [-0.25, -0.2) is 13.8 Å². The summed E-state index contributed by atoms with van der Waals surface area (Å²) in [5, 5.41) is 8.89. The van der Waals surface area contributed by atoms with Gasteiger partial charge >= 0.3 is 6.18 Å². The highest BCUT2D eigenvalue weighted by Crippen LogP contribution is 2.43. The van der Waals surface area contributed by atoms with Gasteiger partial charge in [0.1, 0.15) is 15.9 Å². The molecule has 1 N–H and O–H groups in total. The predicted molar refractivity (Wildman–Crippen MR) is 43.6 cm³/mol. The van der Waals surface area contributed by atoms with Crippen molar-refractivity contribution < 1.29 is 27.1 Å². The number of pyridine rings is 1. The number of aromatic nitrogens is 1. The minimum absolute atomic E-state index is 0.529. The number of alkyl halides is 5. The Labute approximate surface area is 88.9 Å². The first kappa shape index (κ1) is 12.2. The molecule has 1 rings (SSSR count). The Kier molecular flexibility index (Phi) is 3.17. The first-order chi connectivity index (χ1) is 6.75. The fourth-order valence-electron chi connectivity index (χ4n) is 0.982. The zero-order valence-electron chi connectivity index (χ0n) is 6.82. The minimum atomic E-state index is -5.00. The van der Waals surface area contributed by atoms with Crippen LogP contribution in [0.2, 0.25) is 0 Å². The van der Waals surface area contributed by atoms with E-state index in [9.17, 15) is 22.0 Å². The van der Waals surface area contributed by atoms with Crippen LogP contribution in [0, 0.1) is 0 Å². The SMILES string of the molecule is Oc1cnc(Br)c(C(F)(F)F)c1C(F)F. The fourth-order valence-corrected chi connectivity index (χ4v) is 1.52. The Hall–Kier alpha value is -0.920. The third kappa shape index (κ3) is 2.36. The van der Waals surface area contributed by atoms with E-state index in [2.05, 4.69) is 20.9 Å². The van der Waals surface area contributed by atoms with Gasteiger partial charge in [-0.1, -0.05) is 0 Å². The van der Waals surface area contributed by atoms with E-state index in [-0.39, 0.29) is 0 Å². The van der Waals surface area contributed by atoms with E-state index in [1.165, 1.54) is 0 Å². The molecule has 0 atom stereocenters. The van der Waals surface area contributed by atoms with Crippen LogP contribution in [0.4, 0.5) is 22.0 Å². The highest BCUT2D eigenvalue weighted by atomic mass is 79.9. The van der Waals surface area contributed by atoms with Crippen molar-refractivity contribution in [3.8, 4) is 5.75 Å². The maximum absolute atomic E-state index is 12.3. The summed E-state index contributed by atoms with van der Waals surface area (Å²) in [7, 11) is 0. The molecule has 0 saturated heterocycles. The van der Waals surface area contributed by atoms with E-state index in [4.69, 9.17) is 5.11 Å². The second-order valence-corrected chi connectivity index (χ2v) is 3.27. The molecule has 0 fully saturated rings. The summed E-state index contributed by atoms with van der Waals surface area (Å²) < 4.78 is 60.8. The molecule has 0 spiro atoms. The quantitative estimate of drug-likeness (QED) is 0.634. The highest BCUT2D eigenvalue weighted by Gasteiger charge is 2.40. The van der Waals surface area contributed by atoms with Crippen molar-refractivity contribution in [3.05, 3.63) is 21.9 Å². The number of nitrogens with zero attached hydrogens (tertiary/aromatic N) is 1. The van der Waals surface area contributed by atoms with Crippen molar-refractivity contribution in [1.29, 1.82) is 0 Å². The van der Waals surface area contributed by atoms with Gasteiger partial charge in [0.25, 0.3) is 6.43 Å². The molecule has 15 heavy (non-hydrogen) atoms. The van der Waals surface area contributed by atoms with Crippen molar-refractivity contribution in [3.63, 3.8) is 0 Å². The second kappa shape index (κ2) is 3.92. The van der Waals surface area contributed by atoms with Crippen LogP contribution in [-0.2, 0) is 6.18 Å². The predicted octanol–water partition coefficient (Wildman–Crippen LogP) is 3.51. The van der Waals surface area contributed by atoms with E-state index in [0.717, 1.165) is 0 Å². The molecular formula is C7H3BrF5NO. The van der Waals surface area contributed by atoms with Gasteiger partial charge in [-0.05, 0) is 15.9 Å². The summed E-state index contributed by atoms with van der Waals surface area (Å²) in [5.41, 5.74) is -3.12. The van der Waals surface area contributed by atoms with Gasteiger partial charge in [0.05, 0.1) is 11.8 Å². The van der Waals surface area contributed by atoms with Crippen LogP contribution in [0.5, 0.6) is 5.75 Å².